The van der Waals surface area contributed by atoms with Crippen LogP contribution in [0.15, 0.2) is 31.0 Å². The van der Waals surface area contributed by atoms with E-state index >= 15 is 0 Å². The monoisotopic (exact) mass is 381 g/mol. The average Bonchev–Trinajstić information content (AvgIpc) is 3.23. The lowest BCUT2D eigenvalue weighted by atomic mass is 9.73. The van der Waals surface area contributed by atoms with Gasteiger partial charge in [0, 0.05) is 68.7 Å². The molecule has 2 amide bonds. The van der Waals surface area contributed by atoms with Gasteiger partial charge in [-0.25, -0.2) is 4.98 Å². The summed E-state index contributed by atoms with van der Waals surface area (Å²) in [5.74, 6) is 0.280. The van der Waals surface area contributed by atoms with Crippen LogP contribution < -0.4 is 0 Å². The van der Waals surface area contributed by atoms with E-state index in [1.807, 2.05) is 22.8 Å². The summed E-state index contributed by atoms with van der Waals surface area (Å²) in [4.78, 5) is 40.8. The van der Waals surface area contributed by atoms with Crippen LogP contribution in [0.3, 0.4) is 0 Å². The van der Waals surface area contributed by atoms with Crippen LogP contribution in [0.2, 0.25) is 0 Å². The van der Waals surface area contributed by atoms with E-state index in [1.165, 1.54) is 0 Å². The Kier molecular flexibility index (Phi) is 5.15. The Morgan fingerprint density at radius 3 is 2.93 bits per heavy atom. The molecule has 0 aliphatic carbocycles. The van der Waals surface area contributed by atoms with Crippen molar-refractivity contribution in [1.29, 1.82) is 0 Å². The molecule has 2 aliphatic rings. The van der Waals surface area contributed by atoms with Crippen molar-refractivity contribution in [3.05, 3.63) is 47.8 Å². The number of piperidine rings is 2. The summed E-state index contributed by atoms with van der Waals surface area (Å²) in [6, 6.07) is 1.88. The number of amides is 2. The minimum atomic E-state index is 0.00587. The number of aromatic amines is 1. The van der Waals surface area contributed by atoms with Gasteiger partial charge in [-0.15, -0.1) is 0 Å². The molecule has 0 unspecified atom stereocenters. The van der Waals surface area contributed by atoms with E-state index < -0.39 is 0 Å². The number of carbonyl (C=O) groups is 2. The normalized spacial score (nSPS) is 22.7. The Hall–Kier alpha value is -2.70. The Bertz CT molecular complexity index is 850. The van der Waals surface area contributed by atoms with E-state index in [0.29, 0.717) is 25.1 Å². The largest absolute Gasteiger partial charge is 0.348 e. The van der Waals surface area contributed by atoms with Gasteiger partial charge in [-0.1, -0.05) is 0 Å². The summed E-state index contributed by atoms with van der Waals surface area (Å²) < 4.78 is 0. The highest BCUT2D eigenvalue weighted by Gasteiger charge is 2.42. The van der Waals surface area contributed by atoms with Gasteiger partial charge in [-0.2, -0.15) is 0 Å². The second-order valence-electron chi connectivity index (χ2n) is 8.16. The highest BCUT2D eigenvalue weighted by molar-refractivity contribution is 5.95. The highest BCUT2D eigenvalue weighted by Crippen LogP contribution is 2.39. The van der Waals surface area contributed by atoms with Crippen molar-refractivity contribution in [3.63, 3.8) is 0 Å². The van der Waals surface area contributed by atoms with Gasteiger partial charge in [0.2, 0.25) is 5.91 Å². The van der Waals surface area contributed by atoms with Gasteiger partial charge >= 0.3 is 0 Å². The SMILES string of the molecule is Cc1ccncc1C(=O)N1CCC[C@@]2(CCC(=O)N(CCc3cnc[nH]3)C2)C1. The van der Waals surface area contributed by atoms with Crippen LogP contribution in [0.1, 0.15) is 47.3 Å². The lowest BCUT2D eigenvalue weighted by Crippen LogP contribution is -2.55. The Balaban J connectivity index is 1.45. The van der Waals surface area contributed by atoms with Crippen molar-refractivity contribution >= 4 is 11.8 Å². The van der Waals surface area contributed by atoms with Gasteiger partial charge in [0.05, 0.1) is 11.9 Å². The number of imidazole rings is 1. The van der Waals surface area contributed by atoms with Crippen LogP contribution in [0.4, 0.5) is 0 Å². The fourth-order valence-corrected chi connectivity index (χ4v) is 4.56. The van der Waals surface area contributed by atoms with Crippen LogP contribution in [-0.4, -0.2) is 62.7 Å². The van der Waals surface area contributed by atoms with Crippen molar-refractivity contribution in [2.75, 3.05) is 26.2 Å². The molecular formula is C21H27N5O2. The molecule has 2 saturated heterocycles. The number of nitrogens with one attached hydrogen (secondary N) is 1. The van der Waals surface area contributed by atoms with Crippen molar-refractivity contribution < 1.29 is 9.59 Å². The summed E-state index contributed by atoms with van der Waals surface area (Å²) in [6.07, 6.45) is 11.1. The van der Waals surface area contributed by atoms with Crippen molar-refractivity contribution in [3.8, 4) is 0 Å². The molecule has 2 fully saturated rings. The maximum atomic E-state index is 13.1. The number of aryl methyl sites for hydroxylation is 1. The molecule has 1 N–H and O–H groups in total. The number of hydrogen-bond acceptors (Lipinski definition) is 4. The van der Waals surface area contributed by atoms with Gasteiger partial charge in [0.25, 0.3) is 5.91 Å². The minimum absolute atomic E-state index is 0.00587. The standard InChI is InChI=1S/C21H27N5O2/c1-16-4-8-22-12-18(16)20(28)26-9-2-6-21(14-26)7-3-19(27)25(13-21)10-5-17-11-23-15-24-17/h4,8,11-12,15H,2-3,5-7,9-10,13-14H2,1H3,(H,23,24)/t21-/m0/s1. The second kappa shape index (κ2) is 7.73. The molecule has 7 nitrogen and oxygen atoms in total. The second-order valence-corrected chi connectivity index (χ2v) is 8.16. The summed E-state index contributed by atoms with van der Waals surface area (Å²) >= 11 is 0. The summed E-state index contributed by atoms with van der Waals surface area (Å²) in [5, 5.41) is 0. The maximum absolute atomic E-state index is 13.1. The van der Waals surface area contributed by atoms with Crippen molar-refractivity contribution in [2.45, 2.75) is 39.0 Å². The number of aromatic nitrogens is 3. The van der Waals surface area contributed by atoms with Gasteiger partial charge < -0.3 is 14.8 Å². The van der Waals surface area contributed by atoms with E-state index in [9.17, 15) is 9.59 Å². The first kappa shape index (κ1) is 18.7. The van der Waals surface area contributed by atoms with Crippen LogP contribution in [0, 0.1) is 12.3 Å². The fraction of sp³-hybridized carbons (Fsp3) is 0.524. The molecule has 7 heteroatoms. The molecule has 2 aliphatic heterocycles. The summed E-state index contributed by atoms with van der Waals surface area (Å²) in [5.41, 5.74) is 2.69. The van der Waals surface area contributed by atoms with Gasteiger partial charge in [0.1, 0.15) is 0 Å². The zero-order valence-electron chi connectivity index (χ0n) is 16.4. The quantitative estimate of drug-likeness (QED) is 0.880. The van der Waals surface area contributed by atoms with Gasteiger partial charge in [-0.05, 0) is 37.8 Å². The lowest BCUT2D eigenvalue weighted by Gasteiger charge is -2.48. The number of rotatable bonds is 4. The smallest absolute Gasteiger partial charge is 0.255 e. The van der Waals surface area contributed by atoms with Crippen LogP contribution >= 0.6 is 0 Å². The summed E-state index contributed by atoms with van der Waals surface area (Å²) in [7, 11) is 0. The predicted molar refractivity (Wildman–Crippen MR) is 105 cm³/mol. The molecule has 2 aromatic rings. The maximum Gasteiger partial charge on any atom is 0.255 e. The molecule has 0 radical (unpaired) electrons. The number of nitrogens with zero attached hydrogens (tertiary/aromatic N) is 4. The van der Waals surface area contributed by atoms with Crippen LogP contribution in [0.5, 0.6) is 0 Å². The summed E-state index contributed by atoms with van der Waals surface area (Å²) in [6.45, 7) is 4.87. The van der Waals surface area contributed by atoms with E-state index in [2.05, 4.69) is 15.0 Å². The molecule has 1 atom stereocenters. The molecule has 0 saturated carbocycles. The molecule has 0 aromatic carbocycles. The van der Waals surface area contributed by atoms with Crippen molar-refractivity contribution in [1.82, 2.24) is 24.8 Å². The molecule has 1 spiro atoms. The molecular weight excluding hydrogens is 354 g/mol. The van der Waals surface area contributed by atoms with Crippen LogP contribution in [0.25, 0.3) is 0 Å². The zero-order valence-corrected chi connectivity index (χ0v) is 16.4. The third-order valence-electron chi connectivity index (χ3n) is 6.17. The number of H-pyrrole nitrogens is 1. The van der Waals surface area contributed by atoms with E-state index in [1.54, 1.807) is 24.9 Å². The van der Waals surface area contributed by atoms with E-state index in [0.717, 1.165) is 50.0 Å². The van der Waals surface area contributed by atoms with E-state index in [-0.39, 0.29) is 17.2 Å². The van der Waals surface area contributed by atoms with Crippen molar-refractivity contribution in [2.24, 2.45) is 5.41 Å². The Morgan fingerprint density at radius 2 is 2.14 bits per heavy atom. The lowest BCUT2D eigenvalue weighted by molar-refractivity contribution is -0.138. The Morgan fingerprint density at radius 1 is 1.25 bits per heavy atom. The van der Waals surface area contributed by atoms with Gasteiger partial charge in [0.15, 0.2) is 0 Å². The molecule has 4 rings (SSSR count). The topological polar surface area (TPSA) is 82.2 Å². The minimum Gasteiger partial charge on any atom is -0.348 e. The first-order valence-corrected chi connectivity index (χ1v) is 10.0. The van der Waals surface area contributed by atoms with Gasteiger partial charge in [-0.3, -0.25) is 14.6 Å². The molecule has 4 heterocycles. The highest BCUT2D eigenvalue weighted by atomic mass is 16.2. The molecule has 2 aromatic heterocycles. The molecule has 148 valence electrons. The predicted octanol–water partition coefficient (Wildman–Crippen LogP) is 2.20. The van der Waals surface area contributed by atoms with Crippen LogP contribution in [-0.2, 0) is 11.2 Å². The fourth-order valence-electron chi connectivity index (χ4n) is 4.56. The average molecular weight is 381 g/mol. The Labute approximate surface area is 165 Å². The third kappa shape index (κ3) is 3.79. The number of hydrogen-bond donors (Lipinski definition) is 1. The number of pyridine rings is 1. The molecule has 28 heavy (non-hydrogen) atoms. The first-order chi connectivity index (χ1) is 13.6. The first-order valence-electron chi connectivity index (χ1n) is 10.0. The zero-order chi connectivity index (χ0) is 19.6. The number of carbonyl (C=O) groups excluding carboxylic acids is 2. The van der Waals surface area contributed by atoms with E-state index in [4.69, 9.17) is 0 Å². The molecule has 0 bridgehead atoms. The number of likely N-dealkylation sites (tertiary alicyclic amines) is 2. The third-order valence-corrected chi connectivity index (χ3v) is 6.17.